The molecule has 0 aliphatic carbocycles. The molecule has 0 spiro atoms. The molecule has 3 aromatic rings. The number of rotatable bonds is 4. The van der Waals surface area contributed by atoms with E-state index in [9.17, 15) is 10.1 Å². The van der Waals surface area contributed by atoms with E-state index in [2.05, 4.69) is 16.0 Å². The highest BCUT2D eigenvalue weighted by Gasteiger charge is 2.28. The van der Waals surface area contributed by atoms with Crippen molar-refractivity contribution in [3.8, 4) is 17.2 Å². The van der Waals surface area contributed by atoms with Crippen molar-refractivity contribution in [1.82, 2.24) is 14.8 Å². The fourth-order valence-corrected chi connectivity index (χ4v) is 4.88. The van der Waals surface area contributed by atoms with Gasteiger partial charge in [0.1, 0.15) is 27.2 Å². The standard InChI is InChI=1S/C21H22N6O2S/c22-12-14-15(13-4-2-1-3-5-13)16-17(23)18(30-20(16)25-19(14)24)21(29)27-8-6-26(7-9-27)10-11-28/h1-5,28H,6-11,23H2,(H2,24,25). The SMILES string of the molecule is N#Cc1c(N)nc2sc(C(=O)N3CCN(CCO)CC3)c(N)c2c1-c1ccccc1. The number of aromatic nitrogens is 1. The Balaban J connectivity index is 1.78. The Morgan fingerprint density at radius 1 is 1.20 bits per heavy atom. The first-order valence-corrected chi connectivity index (χ1v) is 10.5. The van der Waals surface area contributed by atoms with Crippen molar-refractivity contribution in [2.75, 3.05) is 50.8 Å². The Morgan fingerprint density at radius 3 is 2.53 bits per heavy atom. The van der Waals surface area contributed by atoms with Crippen LogP contribution >= 0.6 is 11.3 Å². The summed E-state index contributed by atoms with van der Waals surface area (Å²) < 4.78 is 0. The number of pyridine rings is 1. The number of carbonyl (C=O) groups excluding carboxylic acids is 1. The van der Waals surface area contributed by atoms with Crippen LogP contribution in [-0.2, 0) is 0 Å². The van der Waals surface area contributed by atoms with Crippen molar-refractivity contribution in [2.45, 2.75) is 0 Å². The number of nitrogens with zero attached hydrogens (tertiary/aromatic N) is 4. The molecule has 3 heterocycles. The number of β-amino-alcohol motifs (C(OH)–C–C–N with tert-alkyl or cyclic N) is 1. The van der Waals surface area contributed by atoms with Gasteiger partial charge in [-0.1, -0.05) is 30.3 Å². The van der Waals surface area contributed by atoms with Gasteiger partial charge >= 0.3 is 0 Å². The van der Waals surface area contributed by atoms with Gasteiger partial charge < -0.3 is 21.5 Å². The smallest absolute Gasteiger partial charge is 0.266 e. The molecule has 1 aromatic carbocycles. The Labute approximate surface area is 177 Å². The number of nitrogen functional groups attached to an aromatic ring is 2. The topological polar surface area (TPSA) is 132 Å². The summed E-state index contributed by atoms with van der Waals surface area (Å²) in [7, 11) is 0. The average molecular weight is 423 g/mol. The van der Waals surface area contributed by atoms with Crippen LogP contribution in [0.1, 0.15) is 15.2 Å². The molecule has 9 heteroatoms. The molecule has 0 bridgehead atoms. The van der Waals surface area contributed by atoms with E-state index in [0.717, 1.165) is 5.56 Å². The minimum absolute atomic E-state index is 0.105. The van der Waals surface area contributed by atoms with Crippen LogP contribution in [0.5, 0.6) is 0 Å². The first-order valence-electron chi connectivity index (χ1n) is 9.64. The number of fused-ring (bicyclic) bond motifs is 1. The van der Waals surface area contributed by atoms with Crippen LogP contribution in [0.15, 0.2) is 30.3 Å². The summed E-state index contributed by atoms with van der Waals surface area (Å²) in [6, 6.07) is 11.5. The Hall–Kier alpha value is -3.19. The zero-order chi connectivity index (χ0) is 21.3. The molecule has 1 aliphatic heterocycles. The number of benzene rings is 1. The van der Waals surface area contributed by atoms with E-state index in [4.69, 9.17) is 16.6 Å². The Bertz CT molecular complexity index is 1130. The van der Waals surface area contributed by atoms with Gasteiger partial charge in [-0.15, -0.1) is 11.3 Å². The van der Waals surface area contributed by atoms with E-state index in [1.54, 1.807) is 4.90 Å². The molecule has 0 unspecified atom stereocenters. The van der Waals surface area contributed by atoms with Crippen molar-refractivity contribution < 1.29 is 9.90 Å². The molecule has 4 rings (SSSR count). The molecular formula is C21H22N6O2S. The van der Waals surface area contributed by atoms with E-state index in [0.29, 0.717) is 59.1 Å². The van der Waals surface area contributed by atoms with E-state index in [1.165, 1.54) is 11.3 Å². The lowest BCUT2D eigenvalue weighted by molar-refractivity contribution is 0.0620. The molecule has 1 saturated heterocycles. The number of nitrogens with two attached hydrogens (primary N) is 2. The number of hydrogen-bond donors (Lipinski definition) is 3. The fraction of sp³-hybridized carbons (Fsp3) is 0.286. The molecule has 0 radical (unpaired) electrons. The third kappa shape index (κ3) is 3.45. The summed E-state index contributed by atoms with van der Waals surface area (Å²) in [4.78, 5) is 22.4. The number of aliphatic hydroxyl groups is 1. The molecule has 1 aliphatic rings. The van der Waals surface area contributed by atoms with Crippen LogP contribution in [0.3, 0.4) is 0 Å². The average Bonchev–Trinajstić information content (AvgIpc) is 3.09. The Morgan fingerprint density at radius 2 is 1.90 bits per heavy atom. The van der Waals surface area contributed by atoms with Gasteiger partial charge in [-0.25, -0.2) is 4.98 Å². The number of piperazine rings is 1. The Kier molecular flexibility index (Phi) is 5.55. The van der Waals surface area contributed by atoms with E-state index >= 15 is 0 Å². The lowest BCUT2D eigenvalue weighted by Crippen LogP contribution is -2.49. The first-order chi connectivity index (χ1) is 14.5. The quantitative estimate of drug-likeness (QED) is 0.583. The minimum atomic E-state index is -0.143. The number of carbonyl (C=O) groups is 1. The van der Waals surface area contributed by atoms with Crippen LogP contribution in [0.4, 0.5) is 11.5 Å². The van der Waals surface area contributed by atoms with E-state index < -0.39 is 0 Å². The van der Waals surface area contributed by atoms with E-state index in [1.807, 2.05) is 30.3 Å². The second-order valence-corrected chi connectivity index (χ2v) is 8.11. The highest BCUT2D eigenvalue weighted by molar-refractivity contribution is 7.21. The number of nitriles is 1. The molecule has 0 atom stereocenters. The lowest BCUT2D eigenvalue weighted by atomic mass is 9.97. The number of hydrogen-bond acceptors (Lipinski definition) is 8. The van der Waals surface area contributed by atoms with Crippen LogP contribution in [0.2, 0.25) is 0 Å². The third-order valence-electron chi connectivity index (χ3n) is 5.35. The number of thiophene rings is 1. The molecular weight excluding hydrogens is 400 g/mol. The molecule has 0 saturated carbocycles. The second kappa shape index (κ2) is 8.28. The zero-order valence-corrected chi connectivity index (χ0v) is 17.2. The maximum Gasteiger partial charge on any atom is 0.266 e. The first kappa shape index (κ1) is 20.1. The zero-order valence-electron chi connectivity index (χ0n) is 16.3. The molecule has 1 amide bonds. The fourth-order valence-electron chi connectivity index (χ4n) is 3.80. The van der Waals surface area contributed by atoms with Crippen LogP contribution in [-0.4, -0.2) is 65.1 Å². The number of amides is 1. The highest BCUT2D eigenvalue weighted by atomic mass is 32.1. The third-order valence-corrected chi connectivity index (χ3v) is 6.44. The van der Waals surface area contributed by atoms with Crippen LogP contribution in [0, 0.1) is 11.3 Å². The summed E-state index contributed by atoms with van der Waals surface area (Å²) in [5, 5.41) is 19.4. The predicted molar refractivity (Wildman–Crippen MR) is 118 cm³/mol. The normalized spacial score (nSPS) is 14.7. The van der Waals surface area contributed by atoms with Crippen molar-refractivity contribution >= 4 is 39.0 Å². The predicted octanol–water partition coefficient (Wildman–Crippen LogP) is 1.75. The molecule has 1 fully saturated rings. The van der Waals surface area contributed by atoms with Crippen molar-refractivity contribution in [3.05, 3.63) is 40.8 Å². The van der Waals surface area contributed by atoms with Crippen molar-refractivity contribution in [2.24, 2.45) is 0 Å². The minimum Gasteiger partial charge on any atom is -0.397 e. The van der Waals surface area contributed by atoms with Gasteiger partial charge in [0.05, 0.1) is 12.3 Å². The molecule has 8 nitrogen and oxygen atoms in total. The molecule has 5 N–H and O–H groups in total. The summed E-state index contributed by atoms with van der Waals surface area (Å²) in [6.45, 7) is 3.25. The summed E-state index contributed by atoms with van der Waals surface area (Å²) >= 11 is 1.21. The van der Waals surface area contributed by atoms with Crippen molar-refractivity contribution in [3.63, 3.8) is 0 Å². The summed E-state index contributed by atoms with van der Waals surface area (Å²) in [5.41, 5.74) is 14.5. The largest absolute Gasteiger partial charge is 0.397 e. The second-order valence-electron chi connectivity index (χ2n) is 7.11. The van der Waals surface area contributed by atoms with Gasteiger partial charge in [-0.3, -0.25) is 9.69 Å². The van der Waals surface area contributed by atoms with Gasteiger partial charge in [0.25, 0.3) is 5.91 Å². The number of anilines is 2. The van der Waals surface area contributed by atoms with Gasteiger partial charge in [-0.05, 0) is 5.56 Å². The van der Waals surface area contributed by atoms with Gasteiger partial charge in [0.15, 0.2) is 0 Å². The molecule has 30 heavy (non-hydrogen) atoms. The van der Waals surface area contributed by atoms with Gasteiger partial charge in [0.2, 0.25) is 0 Å². The van der Waals surface area contributed by atoms with Gasteiger partial charge in [-0.2, -0.15) is 5.26 Å². The number of aliphatic hydroxyl groups excluding tert-OH is 1. The highest BCUT2D eigenvalue weighted by Crippen LogP contribution is 2.42. The van der Waals surface area contributed by atoms with Gasteiger partial charge in [0, 0.05) is 43.7 Å². The van der Waals surface area contributed by atoms with Crippen LogP contribution in [0.25, 0.3) is 21.3 Å². The monoisotopic (exact) mass is 422 g/mol. The lowest BCUT2D eigenvalue weighted by Gasteiger charge is -2.34. The van der Waals surface area contributed by atoms with Crippen LogP contribution < -0.4 is 11.5 Å². The molecule has 154 valence electrons. The van der Waals surface area contributed by atoms with E-state index in [-0.39, 0.29) is 23.9 Å². The molecule has 2 aromatic heterocycles. The summed E-state index contributed by atoms with van der Waals surface area (Å²) in [6.07, 6.45) is 0. The summed E-state index contributed by atoms with van der Waals surface area (Å²) in [5.74, 6) is -0.0167. The maximum atomic E-state index is 13.2. The van der Waals surface area contributed by atoms with Crippen molar-refractivity contribution in [1.29, 1.82) is 5.26 Å². The maximum absolute atomic E-state index is 13.2.